The maximum absolute atomic E-state index is 13.8. The van der Waals surface area contributed by atoms with Crippen LogP contribution in [0.4, 0.5) is 14.5 Å². The highest BCUT2D eigenvalue weighted by molar-refractivity contribution is 7.94. The Morgan fingerprint density at radius 1 is 1.20 bits per heavy atom. The lowest BCUT2D eigenvalue weighted by molar-refractivity contribution is -0.388. The third kappa shape index (κ3) is 4.81. The van der Waals surface area contributed by atoms with Crippen molar-refractivity contribution in [1.82, 2.24) is 0 Å². The van der Waals surface area contributed by atoms with Gasteiger partial charge in [-0.3, -0.25) is 14.9 Å². The molecule has 0 saturated carbocycles. The SMILES string of the molecule is CC(C)(C)C(=O)N=[S@@](=O)(Cc1cc(F)cc(F)c1[N+](=O)[O-])C(C)(C)C. The highest BCUT2D eigenvalue weighted by Gasteiger charge is 2.34. The standard InChI is InChI=1S/C16H22F2N2O4S/c1-15(2,3)14(21)19-25(24,16(4,5)6)9-10-7-11(17)8-12(18)13(10)20(22)23/h7-8H,9H2,1-6H3/t25-/m1/s1. The van der Waals surface area contributed by atoms with Crippen LogP contribution in [-0.4, -0.2) is 19.8 Å². The zero-order valence-corrected chi connectivity index (χ0v) is 15.9. The molecule has 1 aromatic rings. The van der Waals surface area contributed by atoms with E-state index in [1.54, 1.807) is 41.5 Å². The van der Waals surface area contributed by atoms with Crippen LogP contribution in [0.3, 0.4) is 0 Å². The largest absolute Gasteiger partial charge is 0.309 e. The summed E-state index contributed by atoms with van der Waals surface area (Å²) in [5.41, 5.74) is -2.27. The number of hydrogen-bond acceptors (Lipinski definition) is 4. The minimum Gasteiger partial charge on any atom is -0.271 e. The Morgan fingerprint density at radius 2 is 1.72 bits per heavy atom. The van der Waals surface area contributed by atoms with E-state index in [4.69, 9.17) is 0 Å². The van der Waals surface area contributed by atoms with E-state index in [1.165, 1.54) is 0 Å². The van der Waals surface area contributed by atoms with Crippen LogP contribution in [0.5, 0.6) is 0 Å². The Kier molecular flexibility index (Phi) is 5.73. The minimum atomic E-state index is -3.39. The molecule has 0 aromatic heterocycles. The van der Waals surface area contributed by atoms with E-state index in [9.17, 15) is 27.9 Å². The van der Waals surface area contributed by atoms with Gasteiger partial charge in [0.15, 0.2) is 0 Å². The van der Waals surface area contributed by atoms with Gasteiger partial charge in [-0.05, 0) is 26.8 Å². The molecule has 140 valence electrons. The van der Waals surface area contributed by atoms with E-state index < -0.39 is 59.4 Å². The fourth-order valence-corrected chi connectivity index (χ4v) is 3.76. The topological polar surface area (TPSA) is 89.6 Å². The third-order valence-corrected chi connectivity index (χ3v) is 6.55. The van der Waals surface area contributed by atoms with E-state index in [0.29, 0.717) is 6.07 Å². The van der Waals surface area contributed by atoms with Gasteiger partial charge in [0.05, 0.1) is 20.4 Å². The second kappa shape index (κ2) is 6.78. The van der Waals surface area contributed by atoms with Gasteiger partial charge in [-0.15, -0.1) is 0 Å². The van der Waals surface area contributed by atoms with Crippen molar-refractivity contribution in [2.45, 2.75) is 52.0 Å². The number of nitrogens with zero attached hydrogens (tertiary/aromatic N) is 2. The molecule has 0 aliphatic heterocycles. The van der Waals surface area contributed by atoms with Gasteiger partial charge in [-0.1, -0.05) is 20.8 Å². The molecule has 0 radical (unpaired) electrons. The molecule has 0 fully saturated rings. The van der Waals surface area contributed by atoms with Crippen LogP contribution in [0, 0.1) is 27.2 Å². The summed E-state index contributed by atoms with van der Waals surface area (Å²) in [5, 5.41) is 11.1. The first-order valence-corrected chi connectivity index (χ1v) is 9.18. The first-order valence-electron chi connectivity index (χ1n) is 7.49. The zero-order valence-electron chi connectivity index (χ0n) is 15.1. The number of amides is 1. The summed E-state index contributed by atoms with van der Waals surface area (Å²) in [6.45, 7) is 9.42. The third-order valence-electron chi connectivity index (χ3n) is 3.47. The Morgan fingerprint density at radius 3 is 2.12 bits per heavy atom. The molecule has 9 heteroatoms. The number of rotatable bonds is 3. The lowest BCUT2D eigenvalue weighted by Crippen LogP contribution is -2.32. The van der Waals surface area contributed by atoms with Crippen LogP contribution in [0.1, 0.15) is 47.1 Å². The normalized spacial score (nSPS) is 14.7. The first-order chi connectivity index (χ1) is 11.1. The van der Waals surface area contributed by atoms with Crippen LogP contribution < -0.4 is 0 Å². The first kappa shape index (κ1) is 21.1. The van der Waals surface area contributed by atoms with Crippen LogP contribution >= 0.6 is 0 Å². The van der Waals surface area contributed by atoms with Gasteiger partial charge in [0, 0.05) is 21.8 Å². The second-order valence-corrected chi connectivity index (χ2v) is 10.7. The van der Waals surface area contributed by atoms with Crippen molar-refractivity contribution in [2.24, 2.45) is 9.78 Å². The summed E-state index contributed by atoms with van der Waals surface area (Å²) in [6.07, 6.45) is 0. The van der Waals surface area contributed by atoms with Crippen molar-refractivity contribution in [3.05, 3.63) is 39.4 Å². The fraction of sp³-hybridized carbons (Fsp3) is 0.562. The van der Waals surface area contributed by atoms with E-state index >= 15 is 0 Å². The zero-order chi connectivity index (χ0) is 19.8. The van der Waals surface area contributed by atoms with Gasteiger partial charge >= 0.3 is 5.69 Å². The number of halogens is 2. The average Bonchev–Trinajstić information content (AvgIpc) is 2.34. The van der Waals surface area contributed by atoms with Gasteiger partial charge < -0.3 is 0 Å². The molecule has 1 rings (SSSR count). The lowest BCUT2D eigenvalue weighted by Gasteiger charge is -2.25. The van der Waals surface area contributed by atoms with Crippen LogP contribution in [0.15, 0.2) is 16.5 Å². The molecule has 1 aromatic carbocycles. The number of nitro benzene ring substituents is 1. The van der Waals surface area contributed by atoms with E-state index in [-0.39, 0.29) is 0 Å². The van der Waals surface area contributed by atoms with Crippen LogP contribution in [0.25, 0.3) is 0 Å². The van der Waals surface area contributed by atoms with Crippen LogP contribution in [-0.2, 0) is 20.3 Å². The smallest absolute Gasteiger partial charge is 0.271 e. The Balaban J connectivity index is 3.65. The summed E-state index contributed by atoms with van der Waals surface area (Å²) in [5.74, 6) is -3.65. The van der Waals surface area contributed by atoms with E-state index in [2.05, 4.69) is 4.36 Å². The Labute approximate surface area is 146 Å². The van der Waals surface area contributed by atoms with Crippen LogP contribution in [0.2, 0.25) is 0 Å². The van der Waals surface area contributed by atoms with E-state index in [1.807, 2.05) is 0 Å². The van der Waals surface area contributed by atoms with Gasteiger partial charge in [-0.2, -0.15) is 8.75 Å². The molecule has 6 nitrogen and oxygen atoms in total. The molecule has 0 aliphatic rings. The molecule has 0 spiro atoms. The molecular weight excluding hydrogens is 354 g/mol. The Bertz CT molecular complexity index is 830. The molecule has 0 aliphatic carbocycles. The molecule has 0 heterocycles. The maximum Gasteiger partial charge on any atom is 0.309 e. The van der Waals surface area contributed by atoms with Gasteiger partial charge in [0.1, 0.15) is 5.82 Å². The monoisotopic (exact) mass is 376 g/mol. The number of benzene rings is 1. The highest BCUT2D eigenvalue weighted by Crippen LogP contribution is 2.31. The van der Waals surface area contributed by atoms with Crippen molar-refractivity contribution in [1.29, 1.82) is 0 Å². The molecule has 0 saturated heterocycles. The predicted octanol–water partition coefficient (Wildman–Crippen LogP) is 4.21. The number of carbonyl (C=O) groups excluding carboxylic acids is 1. The quantitative estimate of drug-likeness (QED) is 0.584. The summed E-state index contributed by atoms with van der Waals surface area (Å²) < 4.78 is 43.5. The van der Waals surface area contributed by atoms with Crippen molar-refractivity contribution in [2.75, 3.05) is 0 Å². The molecule has 1 amide bonds. The summed E-state index contributed by atoms with van der Waals surface area (Å²) >= 11 is 0. The lowest BCUT2D eigenvalue weighted by atomic mass is 9.96. The average molecular weight is 376 g/mol. The molecule has 0 bridgehead atoms. The number of carbonyl (C=O) groups is 1. The Hall–Kier alpha value is -1.90. The number of hydrogen-bond donors (Lipinski definition) is 0. The van der Waals surface area contributed by atoms with Crippen molar-refractivity contribution >= 4 is 21.3 Å². The second-order valence-electron chi connectivity index (χ2n) is 7.70. The summed E-state index contributed by atoms with van der Waals surface area (Å²) in [4.78, 5) is 22.4. The molecular formula is C16H22F2N2O4S. The van der Waals surface area contributed by atoms with Gasteiger partial charge in [0.2, 0.25) is 5.82 Å². The summed E-state index contributed by atoms with van der Waals surface area (Å²) in [7, 11) is -3.39. The molecule has 0 N–H and O–H groups in total. The van der Waals surface area contributed by atoms with Crippen molar-refractivity contribution in [3.8, 4) is 0 Å². The molecule has 0 unspecified atom stereocenters. The molecule has 25 heavy (non-hydrogen) atoms. The molecule has 1 atom stereocenters. The highest BCUT2D eigenvalue weighted by atomic mass is 32.2. The van der Waals surface area contributed by atoms with Crippen molar-refractivity contribution < 1.29 is 22.7 Å². The van der Waals surface area contributed by atoms with E-state index in [0.717, 1.165) is 6.07 Å². The van der Waals surface area contributed by atoms with Gasteiger partial charge in [-0.25, -0.2) is 8.60 Å². The predicted molar refractivity (Wildman–Crippen MR) is 91.5 cm³/mol. The van der Waals surface area contributed by atoms with Gasteiger partial charge in [0.25, 0.3) is 5.91 Å². The summed E-state index contributed by atoms with van der Waals surface area (Å²) in [6, 6.07) is 1.14. The maximum atomic E-state index is 13.8. The number of nitro groups is 1. The fourth-order valence-electron chi connectivity index (χ4n) is 1.80. The minimum absolute atomic E-state index is 0.387. The van der Waals surface area contributed by atoms with Crippen molar-refractivity contribution in [3.63, 3.8) is 0 Å².